The Kier molecular flexibility index (Phi) is 5.46. The third kappa shape index (κ3) is 4.52. The molecule has 0 aromatic heterocycles. The molecule has 1 unspecified atom stereocenters. The van der Waals surface area contributed by atoms with Gasteiger partial charge in [-0.2, -0.15) is 0 Å². The van der Waals surface area contributed by atoms with Crippen molar-refractivity contribution in [1.29, 1.82) is 0 Å². The van der Waals surface area contributed by atoms with Crippen LogP contribution in [0.2, 0.25) is 0 Å². The van der Waals surface area contributed by atoms with E-state index >= 15 is 0 Å². The third-order valence-corrected chi connectivity index (χ3v) is 4.30. The van der Waals surface area contributed by atoms with Gasteiger partial charge in [0.1, 0.15) is 0 Å². The monoisotopic (exact) mass is 256 g/mol. The molecule has 2 rings (SSSR count). The molecule has 0 bridgehead atoms. The molecular weight excluding hydrogens is 228 g/mol. The van der Waals surface area contributed by atoms with Gasteiger partial charge in [-0.05, 0) is 50.4 Å². The normalized spacial score (nSPS) is 28.0. The highest BCUT2D eigenvalue weighted by atomic mass is 16.7. The predicted octanol–water partition coefficient (Wildman–Crippen LogP) is 3.25. The number of rotatable bonds is 8. The lowest BCUT2D eigenvalue weighted by atomic mass is 9.92. The average molecular weight is 256 g/mol. The number of unbranched alkanes of at least 4 members (excludes halogenated alkanes) is 1. The van der Waals surface area contributed by atoms with Crippen molar-refractivity contribution in [2.24, 2.45) is 5.41 Å². The maximum absolute atomic E-state index is 10.1. The molecule has 1 aliphatic carbocycles. The molecule has 1 saturated carbocycles. The minimum absolute atomic E-state index is 0.0702. The smallest absolute Gasteiger partial charge is 0.157 e. The molecule has 0 aromatic carbocycles. The fourth-order valence-corrected chi connectivity index (χ4v) is 2.90. The van der Waals surface area contributed by atoms with E-state index in [9.17, 15) is 5.11 Å². The minimum atomic E-state index is -0.310. The van der Waals surface area contributed by atoms with Crippen LogP contribution < -0.4 is 0 Å². The van der Waals surface area contributed by atoms with Gasteiger partial charge in [0.25, 0.3) is 0 Å². The Bertz CT molecular complexity index is 232. The van der Waals surface area contributed by atoms with Crippen molar-refractivity contribution >= 4 is 0 Å². The first kappa shape index (κ1) is 14.3. The molecule has 0 amide bonds. The van der Waals surface area contributed by atoms with E-state index in [1.165, 1.54) is 38.5 Å². The molecule has 0 aromatic rings. The van der Waals surface area contributed by atoms with E-state index < -0.39 is 0 Å². The average Bonchev–Trinajstić information content (AvgIpc) is 3.15. The Morgan fingerprint density at radius 2 is 2.22 bits per heavy atom. The lowest BCUT2D eigenvalue weighted by molar-refractivity contribution is -0.176. The lowest BCUT2D eigenvalue weighted by Crippen LogP contribution is -2.28. The van der Waals surface area contributed by atoms with Crippen LogP contribution in [0.25, 0.3) is 0 Å². The maximum Gasteiger partial charge on any atom is 0.157 e. The summed E-state index contributed by atoms with van der Waals surface area (Å²) in [5, 5.41) is 10.1. The zero-order valence-electron chi connectivity index (χ0n) is 11.7. The van der Waals surface area contributed by atoms with E-state index in [0.29, 0.717) is 12.0 Å². The molecule has 2 fully saturated rings. The number of aliphatic hydroxyl groups excluding tert-OH is 1. The quantitative estimate of drug-likeness (QED) is 0.724. The number of ether oxygens (including phenoxy) is 2. The van der Waals surface area contributed by atoms with Crippen molar-refractivity contribution in [2.45, 2.75) is 77.1 Å². The van der Waals surface area contributed by atoms with Crippen LogP contribution >= 0.6 is 0 Å². The molecule has 1 heterocycles. The standard InChI is InChI=1S/C15H28O3/c1-2-3-7-15(8-9-15)11-13(16)12-18-14-6-4-5-10-17-14/h13-14,16H,2-12H2,1H3/t13-,14?/m1/s1. The fourth-order valence-electron chi connectivity index (χ4n) is 2.90. The van der Waals surface area contributed by atoms with E-state index in [1.54, 1.807) is 0 Å². The molecule has 2 atom stereocenters. The van der Waals surface area contributed by atoms with Crippen LogP contribution in [0.15, 0.2) is 0 Å². The summed E-state index contributed by atoms with van der Waals surface area (Å²) in [5.74, 6) is 0. The van der Waals surface area contributed by atoms with Crippen LogP contribution in [0.5, 0.6) is 0 Å². The molecule has 2 aliphatic rings. The lowest BCUT2D eigenvalue weighted by Gasteiger charge is -2.25. The summed E-state index contributed by atoms with van der Waals surface area (Å²) < 4.78 is 11.2. The zero-order valence-corrected chi connectivity index (χ0v) is 11.7. The first-order valence-corrected chi connectivity index (χ1v) is 7.65. The third-order valence-electron chi connectivity index (χ3n) is 4.30. The van der Waals surface area contributed by atoms with Crippen molar-refractivity contribution in [3.63, 3.8) is 0 Å². The summed E-state index contributed by atoms with van der Waals surface area (Å²) in [7, 11) is 0. The topological polar surface area (TPSA) is 38.7 Å². The van der Waals surface area contributed by atoms with E-state index in [-0.39, 0.29) is 12.4 Å². The highest BCUT2D eigenvalue weighted by Crippen LogP contribution is 2.53. The van der Waals surface area contributed by atoms with Gasteiger partial charge in [0.05, 0.1) is 12.7 Å². The van der Waals surface area contributed by atoms with Gasteiger partial charge in [-0.3, -0.25) is 0 Å². The predicted molar refractivity (Wildman–Crippen MR) is 71.4 cm³/mol. The van der Waals surface area contributed by atoms with Gasteiger partial charge < -0.3 is 14.6 Å². The van der Waals surface area contributed by atoms with Gasteiger partial charge in [0, 0.05) is 6.61 Å². The van der Waals surface area contributed by atoms with Gasteiger partial charge >= 0.3 is 0 Å². The summed E-state index contributed by atoms with van der Waals surface area (Å²) >= 11 is 0. The molecular formula is C15H28O3. The van der Waals surface area contributed by atoms with Crippen LogP contribution in [0.1, 0.15) is 64.7 Å². The van der Waals surface area contributed by atoms with Gasteiger partial charge in [-0.15, -0.1) is 0 Å². The Labute approximate surface area is 111 Å². The second-order valence-electron chi connectivity index (χ2n) is 6.09. The first-order valence-electron chi connectivity index (χ1n) is 7.65. The van der Waals surface area contributed by atoms with Gasteiger partial charge in [-0.25, -0.2) is 0 Å². The summed E-state index contributed by atoms with van der Waals surface area (Å²) in [6.45, 7) is 3.48. The summed E-state index contributed by atoms with van der Waals surface area (Å²) in [6.07, 6.45) is 10.3. The first-order chi connectivity index (χ1) is 8.74. The van der Waals surface area contributed by atoms with Crippen LogP contribution in [-0.2, 0) is 9.47 Å². The van der Waals surface area contributed by atoms with Crippen molar-refractivity contribution < 1.29 is 14.6 Å². The van der Waals surface area contributed by atoms with Crippen molar-refractivity contribution in [1.82, 2.24) is 0 Å². The highest BCUT2D eigenvalue weighted by molar-refractivity contribution is 4.94. The molecule has 1 saturated heterocycles. The van der Waals surface area contributed by atoms with Gasteiger partial charge in [0.2, 0.25) is 0 Å². The van der Waals surface area contributed by atoms with Gasteiger partial charge in [0.15, 0.2) is 6.29 Å². The summed E-state index contributed by atoms with van der Waals surface area (Å²) in [5.41, 5.74) is 0.451. The molecule has 0 radical (unpaired) electrons. The Balaban J connectivity index is 1.61. The van der Waals surface area contributed by atoms with Crippen LogP contribution in [-0.4, -0.2) is 30.7 Å². The largest absolute Gasteiger partial charge is 0.391 e. The second-order valence-corrected chi connectivity index (χ2v) is 6.09. The van der Waals surface area contributed by atoms with Crippen LogP contribution in [0.4, 0.5) is 0 Å². The van der Waals surface area contributed by atoms with Crippen molar-refractivity contribution in [3.05, 3.63) is 0 Å². The molecule has 0 spiro atoms. The SMILES string of the molecule is CCCCC1(C[C@@H](O)COC2CCCCO2)CC1. The number of hydrogen-bond donors (Lipinski definition) is 1. The van der Waals surface area contributed by atoms with Gasteiger partial charge in [-0.1, -0.05) is 19.8 Å². The number of hydrogen-bond acceptors (Lipinski definition) is 3. The van der Waals surface area contributed by atoms with Crippen molar-refractivity contribution in [2.75, 3.05) is 13.2 Å². The van der Waals surface area contributed by atoms with Crippen LogP contribution in [0.3, 0.4) is 0 Å². The Hall–Kier alpha value is -0.120. The van der Waals surface area contributed by atoms with E-state index in [4.69, 9.17) is 9.47 Å². The maximum atomic E-state index is 10.1. The molecule has 3 nitrogen and oxygen atoms in total. The Morgan fingerprint density at radius 1 is 1.39 bits per heavy atom. The van der Waals surface area contributed by atoms with E-state index in [1.807, 2.05) is 0 Å². The summed E-state index contributed by atoms with van der Waals surface area (Å²) in [4.78, 5) is 0. The molecule has 3 heteroatoms. The molecule has 106 valence electrons. The highest BCUT2D eigenvalue weighted by Gasteiger charge is 2.42. The second kappa shape index (κ2) is 6.88. The zero-order chi connectivity index (χ0) is 12.8. The molecule has 1 N–H and O–H groups in total. The van der Waals surface area contributed by atoms with Crippen molar-refractivity contribution in [3.8, 4) is 0 Å². The molecule has 18 heavy (non-hydrogen) atoms. The van der Waals surface area contributed by atoms with E-state index in [2.05, 4.69) is 6.92 Å². The van der Waals surface area contributed by atoms with Crippen LogP contribution in [0, 0.1) is 5.41 Å². The molecule has 1 aliphatic heterocycles. The number of aliphatic hydroxyl groups is 1. The minimum Gasteiger partial charge on any atom is -0.391 e. The summed E-state index contributed by atoms with van der Waals surface area (Å²) in [6, 6.07) is 0. The fraction of sp³-hybridized carbons (Fsp3) is 1.00. The Morgan fingerprint density at radius 3 is 2.83 bits per heavy atom. The van der Waals surface area contributed by atoms with E-state index in [0.717, 1.165) is 25.9 Å².